The van der Waals surface area contributed by atoms with Gasteiger partial charge in [-0.3, -0.25) is 0 Å². The van der Waals surface area contributed by atoms with Gasteiger partial charge < -0.3 is 10.5 Å². The predicted octanol–water partition coefficient (Wildman–Crippen LogP) is 4.55. The number of nitrogens with two attached hydrogens (primary N) is 1. The first-order valence-electron chi connectivity index (χ1n) is 6.72. The van der Waals surface area contributed by atoms with Crippen LogP contribution in [0, 0.1) is 12.7 Å². The van der Waals surface area contributed by atoms with Crippen molar-refractivity contribution >= 4 is 16.5 Å². The Morgan fingerprint density at radius 3 is 2.43 bits per heavy atom. The summed E-state index contributed by atoms with van der Waals surface area (Å²) in [7, 11) is 1.64. The molecule has 0 fully saturated rings. The summed E-state index contributed by atoms with van der Waals surface area (Å²) < 4.78 is 19.4. The zero-order valence-corrected chi connectivity index (χ0v) is 12.0. The molecule has 0 unspecified atom stereocenters. The molecule has 3 rings (SSSR count). The van der Waals surface area contributed by atoms with E-state index in [0.29, 0.717) is 11.3 Å². The van der Waals surface area contributed by atoms with E-state index in [9.17, 15) is 4.39 Å². The molecule has 2 N–H and O–H groups in total. The Bertz CT molecular complexity index is 827. The van der Waals surface area contributed by atoms with Crippen molar-refractivity contribution in [2.75, 3.05) is 12.8 Å². The van der Waals surface area contributed by atoms with Crippen molar-refractivity contribution in [2.45, 2.75) is 6.92 Å². The Morgan fingerprint density at radius 2 is 1.67 bits per heavy atom. The number of methoxy groups -OCH3 is 1. The van der Waals surface area contributed by atoms with Crippen LogP contribution < -0.4 is 10.5 Å². The first-order chi connectivity index (χ1) is 10.1. The second-order valence-electron chi connectivity index (χ2n) is 5.12. The highest BCUT2D eigenvalue weighted by atomic mass is 19.1. The normalized spacial score (nSPS) is 10.8. The molecule has 2 nitrogen and oxygen atoms in total. The van der Waals surface area contributed by atoms with Gasteiger partial charge in [0.05, 0.1) is 7.11 Å². The largest absolute Gasteiger partial charge is 0.497 e. The van der Waals surface area contributed by atoms with Crippen molar-refractivity contribution < 1.29 is 9.13 Å². The molecule has 3 heteroatoms. The summed E-state index contributed by atoms with van der Waals surface area (Å²) in [5.41, 5.74) is 8.58. The van der Waals surface area contributed by atoms with Gasteiger partial charge in [-0.05, 0) is 59.2 Å². The van der Waals surface area contributed by atoms with Crippen LogP contribution in [0.2, 0.25) is 0 Å². The van der Waals surface area contributed by atoms with Crippen LogP contribution in [0.1, 0.15) is 5.56 Å². The zero-order valence-electron chi connectivity index (χ0n) is 12.0. The van der Waals surface area contributed by atoms with Gasteiger partial charge in [-0.15, -0.1) is 0 Å². The van der Waals surface area contributed by atoms with Crippen molar-refractivity contribution in [1.82, 2.24) is 0 Å². The average Bonchev–Trinajstić information content (AvgIpc) is 2.50. The van der Waals surface area contributed by atoms with E-state index >= 15 is 0 Å². The second-order valence-corrected chi connectivity index (χ2v) is 5.12. The minimum atomic E-state index is -0.255. The lowest BCUT2D eigenvalue weighted by atomic mass is 9.99. The number of benzene rings is 3. The fraction of sp³-hybridized carbons (Fsp3) is 0.111. The SMILES string of the molecule is COc1ccc2cc(-c3cc(N)c(C)cc3F)ccc2c1. The van der Waals surface area contributed by atoms with Crippen LogP contribution in [-0.2, 0) is 0 Å². The van der Waals surface area contributed by atoms with Gasteiger partial charge in [0.15, 0.2) is 0 Å². The molecule has 0 aliphatic rings. The first-order valence-corrected chi connectivity index (χ1v) is 6.72. The molecule has 3 aromatic rings. The standard InChI is InChI=1S/C18H16FNO/c1-11-7-17(19)16(10-18(11)20)14-4-3-13-9-15(21-2)6-5-12(13)8-14/h3-10H,20H2,1-2H3. The lowest BCUT2D eigenvalue weighted by Gasteiger charge is -2.09. The van der Waals surface area contributed by atoms with Gasteiger partial charge >= 0.3 is 0 Å². The number of aryl methyl sites for hydroxylation is 1. The summed E-state index contributed by atoms with van der Waals surface area (Å²) >= 11 is 0. The summed E-state index contributed by atoms with van der Waals surface area (Å²) in [5, 5.41) is 2.09. The maximum absolute atomic E-state index is 14.2. The molecule has 0 spiro atoms. The van der Waals surface area contributed by atoms with Crippen molar-refractivity contribution in [2.24, 2.45) is 0 Å². The summed E-state index contributed by atoms with van der Waals surface area (Å²) in [6.07, 6.45) is 0. The first kappa shape index (κ1) is 13.4. The predicted molar refractivity (Wildman–Crippen MR) is 85.0 cm³/mol. The molecule has 0 heterocycles. The van der Waals surface area contributed by atoms with Crippen LogP contribution in [-0.4, -0.2) is 7.11 Å². The second kappa shape index (κ2) is 5.09. The van der Waals surface area contributed by atoms with Gasteiger partial charge in [0.1, 0.15) is 11.6 Å². The maximum atomic E-state index is 14.2. The molecule has 0 radical (unpaired) electrons. The lowest BCUT2D eigenvalue weighted by molar-refractivity contribution is 0.415. The minimum absolute atomic E-state index is 0.255. The minimum Gasteiger partial charge on any atom is -0.497 e. The van der Waals surface area contributed by atoms with E-state index in [1.807, 2.05) is 36.4 Å². The summed E-state index contributed by atoms with van der Waals surface area (Å²) in [5.74, 6) is 0.551. The van der Waals surface area contributed by atoms with E-state index in [2.05, 4.69) is 0 Å². The van der Waals surface area contributed by atoms with E-state index in [0.717, 1.165) is 27.6 Å². The number of rotatable bonds is 2. The summed E-state index contributed by atoms with van der Waals surface area (Å²) in [4.78, 5) is 0. The van der Waals surface area contributed by atoms with E-state index in [1.165, 1.54) is 6.07 Å². The van der Waals surface area contributed by atoms with Gasteiger partial charge in [0.25, 0.3) is 0 Å². The van der Waals surface area contributed by atoms with Crippen molar-refractivity contribution in [3.8, 4) is 16.9 Å². The Morgan fingerprint density at radius 1 is 0.952 bits per heavy atom. The molecule has 21 heavy (non-hydrogen) atoms. The number of anilines is 1. The Hall–Kier alpha value is -2.55. The molecule has 0 saturated carbocycles. The van der Waals surface area contributed by atoms with Crippen LogP contribution in [0.3, 0.4) is 0 Å². The fourth-order valence-electron chi connectivity index (χ4n) is 2.43. The molecule has 0 atom stereocenters. The number of ether oxygens (including phenoxy) is 1. The van der Waals surface area contributed by atoms with Crippen molar-refractivity contribution in [3.63, 3.8) is 0 Å². The molecule has 3 aromatic carbocycles. The molecular weight excluding hydrogens is 265 g/mol. The molecule has 0 amide bonds. The van der Waals surface area contributed by atoms with Gasteiger partial charge in [-0.2, -0.15) is 0 Å². The van der Waals surface area contributed by atoms with Crippen LogP contribution in [0.4, 0.5) is 10.1 Å². The molecular formula is C18H16FNO. The third-order valence-corrected chi connectivity index (χ3v) is 3.71. The number of hydrogen-bond donors (Lipinski definition) is 1. The molecule has 0 bridgehead atoms. The highest BCUT2D eigenvalue weighted by Gasteiger charge is 2.09. The van der Waals surface area contributed by atoms with Gasteiger partial charge in [0.2, 0.25) is 0 Å². The van der Waals surface area contributed by atoms with Crippen LogP contribution in [0.15, 0.2) is 48.5 Å². The Labute approximate surface area is 123 Å². The monoisotopic (exact) mass is 281 g/mol. The Balaban J connectivity index is 2.15. The van der Waals surface area contributed by atoms with Crippen LogP contribution in [0.5, 0.6) is 5.75 Å². The van der Waals surface area contributed by atoms with Gasteiger partial charge in [-0.25, -0.2) is 4.39 Å². The topological polar surface area (TPSA) is 35.2 Å². The lowest BCUT2D eigenvalue weighted by Crippen LogP contribution is -1.94. The zero-order chi connectivity index (χ0) is 15.0. The van der Waals surface area contributed by atoms with E-state index in [-0.39, 0.29) is 5.82 Å². The van der Waals surface area contributed by atoms with Crippen molar-refractivity contribution in [3.05, 3.63) is 59.9 Å². The van der Waals surface area contributed by atoms with Crippen LogP contribution >= 0.6 is 0 Å². The quantitative estimate of drug-likeness (QED) is 0.700. The van der Waals surface area contributed by atoms with E-state index < -0.39 is 0 Å². The van der Waals surface area contributed by atoms with Gasteiger partial charge in [0, 0.05) is 11.3 Å². The fourth-order valence-corrected chi connectivity index (χ4v) is 2.43. The smallest absolute Gasteiger partial charge is 0.131 e. The number of halogens is 1. The van der Waals surface area contributed by atoms with Gasteiger partial charge in [-0.1, -0.05) is 18.2 Å². The van der Waals surface area contributed by atoms with Crippen molar-refractivity contribution in [1.29, 1.82) is 0 Å². The highest BCUT2D eigenvalue weighted by molar-refractivity contribution is 5.88. The Kier molecular flexibility index (Phi) is 3.26. The van der Waals surface area contributed by atoms with Crippen LogP contribution in [0.25, 0.3) is 21.9 Å². The van der Waals surface area contributed by atoms with E-state index in [1.54, 1.807) is 20.1 Å². The third-order valence-electron chi connectivity index (χ3n) is 3.71. The summed E-state index contributed by atoms with van der Waals surface area (Å²) in [6, 6.07) is 14.8. The molecule has 0 aliphatic carbocycles. The molecule has 0 aliphatic heterocycles. The van der Waals surface area contributed by atoms with E-state index in [4.69, 9.17) is 10.5 Å². The number of hydrogen-bond acceptors (Lipinski definition) is 2. The maximum Gasteiger partial charge on any atom is 0.131 e. The number of nitrogen functional groups attached to an aromatic ring is 1. The number of fused-ring (bicyclic) bond motifs is 1. The third kappa shape index (κ3) is 2.42. The average molecular weight is 281 g/mol. The molecule has 0 saturated heterocycles. The summed E-state index contributed by atoms with van der Waals surface area (Å²) in [6.45, 7) is 1.80. The molecule has 0 aromatic heterocycles. The highest BCUT2D eigenvalue weighted by Crippen LogP contribution is 2.30. The molecule has 106 valence electrons.